The van der Waals surface area contributed by atoms with Crippen LogP contribution in [0.15, 0.2) is 24.4 Å². The Kier molecular flexibility index (Phi) is 9.88. The third-order valence-electron chi connectivity index (χ3n) is 3.93. The SMILES string of the molecule is CCOC(=O)C(OCc1ccccn1)(C(=O)OCC)C(N)CCC(=O)OC(C)(C)C. The Bertz CT molecular complexity index is 683. The van der Waals surface area contributed by atoms with Crippen molar-refractivity contribution >= 4 is 17.9 Å². The van der Waals surface area contributed by atoms with E-state index in [2.05, 4.69) is 4.98 Å². The Hall–Kier alpha value is -2.52. The molecule has 0 saturated heterocycles. The van der Waals surface area contributed by atoms with Gasteiger partial charge in [-0.1, -0.05) is 6.07 Å². The molecule has 0 aliphatic carbocycles. The van der Waals surface area contributed by atoms with E-state index in [4.69, 9.17) is 24.7 Å². The number of hydrogen-bond donors (Lipinski definition) is 1. The van der Waals surface area contributed by atoms with Crippen LogP contribution in [0.5, 0.6) is 0 Å². The lowest BCUT2D eigenvalue weighted by Crippen LogP contribution is -2.62. The molecule has 0 aliphatic heterocycles. The summed E-state index contributed by atoms with van der Waals surface area (Å²) in [6.07, 6.45) is 1.37. The maximum absolute atomic E-state index is 12.9. The quantitative estimate of drug-likeness (QED) is 0.322. The number of rotatable bonds is 11. The van der Waals surface area contributed by atoms with E-state index < -0.39 is 35.2 Å². The molecule has 1 rings (SSSR count). The van der Waals surface area contributed by atoms with Gasteiger partial charge in [-0.15, -0.1) is 0 Å². The molecule has 9 nitrogen and oxygen atoms in total. The molecule has 1 atom stereocenters. The minimum atomic E-state index is -2.24. The fraction of sp³-hybridized carbons (Fsp3) is 0.619. The number of pyridine rings is 1. The van der Waals surface area contributed by atoms with E-state index in [1.165, 1.54) is 0 Å². The number of hydrogen-bond acceptors (Lipinski definition) is 9. The third kappa shape index (κ3) is 7.38. The van der Waals surface area contributed by atoms with Gasteiger partial charge < -0.3 is 24.7 Å². The summed E-state index contributed by atoms with van der Waals surface area (Å²) in [6.45, 7) is 8.24. The third-order valence-corrected chi connectivity index (χ3v) is 3.93. The van der Waals surface area contributed by atoms with Gasteiger partial charge in [0.05, 0.1) is 31.6 Å². The summed E-state index contributed by atoms with van der Waals surface area (Å²) in [5.41, 5.74) is 3.80. The molecule has 1 aromatic heterocycles. The van der Waals surface area contributed by atoms with Crippen LogP contribution in [0, 0.1) is 0 Å². The maximum atomic E-state index is 12.9. The number of nitrogens with zero attached hydrogens (tertiary/aromatic N) is 1. The summed E-state index contributed by atoms with van der Waals surface area (Å²) in [5, 5.41) is 0. The Balaban J connectivity index is 3.14. The summed E-state index contributed by atoms with van der Waals surface area (Å²) in [7, 11) is 0. The lowest BCUT2D eigenvalue weighted by molar-refractivity contribution is -0.197. The zero-order valence-corrected chi connectivity index (χ0v) is 18.3. The first-order chi connectivity index (χ1) is 14.1. The summed E-state index contributed by atoms with van der Waals surface area (Å²) in [4.78, 5) is 41.9. The standard InChI is InChI=1S/C21H32N2O7/c1-6-27-18(25)21(19(26)28-7-2,29-14-15-10-8-9-13-23-15)16(22)11-12-17(24)30-20(3,4)5/h8-10,13,16H,6-7,11-12,14,22H2,1-5H3. The van der Waals surface area contributed by atoms with Crippen LogP contribution in [0.2, 0.25) is 0 Å². The smallest absolute Gasteiger partial charge is 0.352 e. The van der Waals surface area contributed by atoms with Gasteiger partial charge in [-0.3, -0.25) is 9.78 Å². The second kappa shape index (κ2) is 11.6. The average molecular weight is 424 g/mol. The van der Waals surface area contributed by atoms with E-state index >= 15 is 0 Å². The van der Waals surface area contributed by atoms with Gasteiger partial charge in [-0.2, -0.15) is 0 Å². The first-order valence-corrected chi connectivity index (χ1v) is 9.92. The highest BCUT2D eigenvalue weighted by Gasteiger charge is 2.55. The van der Waals surface area contributed by atoms with Crippen molar-refractivity contribution in [2.75, 3.05) is 13.2 Å². The number of carbonyl (C=O) groups excluding carboxylic acids is 3. The van der Waals surface area contributed by atoms with Gasteiger partial charge in [-0.25, -0.2) is 9.59 Å². The molecule has 0 fully saturated rings. The molecule has 9 heteroatoms. The van der Waals surface area contributed by atoms with Crippen molar-refractivity contribution in [1.29, 1.82) is 0 Å². The Morgan fingerprint density at radius 2 is 1.67 bits per heavy atom. The molecule has 1 unspecified atom stereocenters. The van der Waals surface area contributed by atoms with Gasteiger partial charge in [0, 0.05) is 12.6 Å². The summed E-state index contributed by atoms with van der Waals surface area (Å²) >= 11 is 0. The minimum absolute atomic E-state index is 0.00568. The van der Waals surface area contributed by atoms with Gasteiger partial charge in [0.25, 0.3) is 5.60 Å². The molecule has 2 N–H and O–H groups in total. The molecule has 0 aromatic carbocycles. The van der Waals surface area contributed by atoms with E-state index in [0.29, 0.717) is 5.69 Å². The van der Waals surface area contributed by atoms with Crippen LogP contribution in [-0.2, 0) is 39.9 Å². The monoisotopic (exact) mass is 424 g/mol. The molecule has 0 saturated carbocycles. The topological polar surface area (TPSA) is 127 Å². The lowest BCUT2D eigenvalue weighted by Gasteiger charge is -2.34. The van der Waals surface area contributed by atoms with Crippen molar-refractivity contribution in [3.8, 4) is 0 Å². The van der Waals surface area contributed by atoms with Crippen LogP contribution in [0.4, 0.5) is 0 Å². The summed E-state index contributed by atoms with van der Waals surface area (Å²) in [6, 6.07) is 3.92. The van der Waals surface area contributed by atoms with E-state index in [-0.39, 0.29) is 32.7 Å². The van der Waals surface area contributed by atoms with Gasteiger partial charge in [0.15, 0.2) is 0 Å². The zero-order valence-electron chi connectivity index (χ0n) is 18.3. The Labute approximate surface area is 177 Å². The molecule has 0 aliphatic rings. The molecule has 0 bridgehead atoms. The van der Waals surface area contributed by atoms with Crippen LogP contribution in [0.1, 0.15) is 53.2 Å². The molecule has 0 radical (unpaired) electrons. The van der Waals surface area contributed by atoms with E-state index in [9.17, 15) is 14.4 Å². The van der Waals surface area contributed by atoms with E-state index in [1.54, 1.807) is 59.0 Å². The number of carbonyl (C=O) groups is 3. The van der Waals surface area contributed by atoms with Crippen molar-refractivity contribution in [3.63, 3.8) is 0 Å². The maximum Gasteiger partial charge on any atom is 0.352 e. The highest BCUT2D eigenvalue weighted by Crippen LogP contribution is 2.25. The van der Waals surface area contributed by atoms with Crippen molar-refractivity contribution in [2.45, 2.75) is 71.3 Å². The second-order valence-corrected chi connectivity index (χ2v) is 7.52. The van der Waals surface area contributed by atoms with Crippen LogP contribution >= 0.6 is 0 Å². The molecule has 0 amide bonds. The van der Waals surface area contributed by atoms with Gasteiger partial charge in [-0.05, 0) is 53.2 Å². The van der Waals surface area contributed by atoms with Crippen molar-refractivity contribution < 1.29 is 33.3 Å². The molecule has 168 valence electrons. The largest absolute Gasteiger partial charge is 0.463 e. The minimum Gasteiger partial charge on any atom is -0.463 e. The van der Waals surface area contributed by atoms with Crippen LogP contribution in [-0.4, -0.2) is 53.3 Å². The molecule has 1 heterocycles. The molecular weight excluding hydrogens is 392 g/mol. The van der Waals surface area contributed by atoms with Gasteiger partial charge >= 0.3 is 17.9 Å². The van der Waals surface area contributed by atoms with Crippen molar-refractivity contribution in [1.82, 2.24) is 4.98 Å². The van der Waals surface area contributed by atoms with Crippen LogP contribution in [0.25, 0.3) is 0 Å². The number of aromatic nitrogens is 1. The summed E-state index contributed by atoms with van der Waals surface area (Å²) < 4.78 is 21.2. The fourth-order valence-electron chi connectivity index (χ4n) is 2.63. The highest BCUT2D eigenvalue weighted by molar-refractivity contribution is 6.04. The zero-order chi connectivity index (χ0) is 22.8. The Morgan fingerprint density at radius 3 is 2.13 bits per heavy atom. The lowest BCUT2D eigenvalue weighted by atomic mass is 9.90. The van der Waals surface area contributed by atoms with Crippen LogP contribution < -0.4 is 5.73 Å². The normalized spacial score (nSPS) is 12.7. The van der Waals surface area contributed by atoms with Crippen molar-refractivity contribution in [3.05, 3.63) is 30.1 Å². The van der Waals surface area contributed by atoms with Crippen LogP contribution in [0.3, 0.4) is 0 Å². The predicted octanol–water partition coefficient (Wildman–Crippen LogP) is 1.91. The average Bonchev–Trinajstić information content (AvgIpc) is 2.67. The Morgan fingerprint density at radius 1 is 1.07 bits per heavy atom. The van der Waals surface area contributed by atoms with E-state index in [0.717, 1.165) is 0 Å². The number of nitrogens with two attached hydrogens (primary N) is 1. The first kappa shape index (κ1) is 25.5. The second-order valence-electron chi connectivity index (χ2n) is 7.52. The van der Waals surface area contributed by atoms with Crippen molar-refractivity contribution in [2.24, 2.45) is 5.73 Å². The molecule has 0 spiro atoms. The summed E-state index contributed by atoms with van der Waals surface area (Å²) in [5.74, 6) is -2.46. The predicted molar refractivity (Wildman–Crippen MR) is 108 cm³/mol. The number of ether oxygens (including phenoxy) is 4. The fourth-order valence-corrected chi connectivity index (χ4v) is 2.63. The van der Waals surface area contributed by atoms with Gasteiger partial charge in [0.2, 0.25) is 0 Å². The number of esters is 3. The van der Waals surface area contributed by atoms with E-state index in [1.807, 2.05) is 0 Å². The highest BCUT2D eigenvalue weighted by atomic mass is 16.6. The first-order valence-electron chi connectivity index (χ1n) is 9.92. The molecular formula is C21H32N2O7. The molecule has 30 heavy (non-hydrogen) atoms. The molecule has 1 aromatic rings. The van der Waals surface area contributed by atoms with Gasteiger partial charge in [0.1, 0.15) is 5.60 Å².